The molecule has 0 spiro atoms. The molecule has 1 aromatic rings. The van der Waals surface area contributed by atoms with Crippen LogP contribution in [0.15, 0.2) is 24.4 Å². The quantitative estimate of drug-likeness (QED) is 0.709. The Balaban J connectivity index is 1.72. The summed E-state index contributed by atoms with van der Waals surface area (Å²) in [6.45, 7) is 9.45. The van der Waals surface area contributed by atoms with Crippen LogP contribution in [0.25, 0.3) is 0 Å². The molecular weight excluding hydrogens is 262 g/mol. The molecule has 0 radical (unpaired) electrons. The van der Waals surface area contributed by atoms with E-state index in [2.05, 4.69) is 41.2 Å². The van der Waals surface area contributed by atoms with E-state index in [1.165, 1.54) is 19.3 Å². The van der Waals surface area contributed by atoms with Crippen LogP contribution in [0.2, 0.25) is 0 Å². The van der Waals surface area contributed by atoms with Crippen LogP contribution in [-0.2, 0) is 11.3 Å². The van der Waals surface area contributed by atoms with E-state index in [1.54, 1.807) is 0 Å². The fraction of sp³-hybridized carbons (Fsp3) is 0.706. The summed E-state index contributed by atoms with van der Waals surface area (Å²) in [6, 6.07) is 6.11. The second-order valence-corrected chi connectivity index (χ2v) is 5.81. The first kappa shape index (κ1) is 16.4. The first-order valence-electron chi connectivity index (χ1n) is 8.30. The highest BCUT2D eigenvalue weighted by Crippen LogP contribution is 2.20. The highest BCUT2D eigenvalue weighted by Gasteiger charge is 2.26. The van der Waals surface area contributed by atoms with Gasteiger partial charge >= 0.3 is 0 Å². The summed E-state index contributed by atoms with van der Waals surface area (Å²) in [5, 5.41) is 3.46. The second-order valence-electron chi connectivity index (χ2n) is 5.81. The van der Waals surface area contributed by atoms with Crippen molar-refractivity contribution in [1.82, 2.24) is 15.2 Å². The molecule has 2 rings (SSSR count). The third-order valence-electron chi connectivity index (χ3n) is 4.02. The summed E-state index contributed by atoms with van der Waals surface area (Å²) in [7, 11) is 0. The molecule has 1 saturated heterocycles. The first-order chi connectivity index (χ1) is 10.3. The number of hydrogen-bond acceptors (Lipinski definition) is 4. The maximum absolute atomic E-state index is 6.15. The molecule has 21 heavy (non-hydrogen) atoms. The molecule has 1 aliphatic heterocycles. The van der Waals surface area contributed by atoms with Gasteiger partial charge in [-0.05, 0) is 44.5 Å². The van der Waals surface area contributed by atoms with Gasteiger partial charge in [0, 0.05) is 25.8 Å². The van der Waals surface area contributed by atoms with E-state index >= 15 is 0 Å². The average Bonchev–Trinajstić information content (AvgIpc) is 2.95. The molecule has 4 nitrogen and oxygen atoms in total. The van der Waals surface area contributed by atoms with Gasteiger partial charge in [-0.25, -0.2) is 0 Å². The zero-order valence-corrected chi connectivity index (χ0v) is 13.4. The van der Waals surface area contributed by atoms with Crippen LogP contribution in [0.3, 0.4) is 0 Å². The molecule has 2 heterocycles. The van der Waals surface area contributed by atoms with E-state index in [0.29, 0.717) is 12.2 Å². The Bertz CT molecular complexity index is 385. The minimum Gasteiger partial charge on any atom is -0.372 e. The summed E-state index contributed by atoms with van der Waals surface area (Å²) in [4.78, 5) is 6.84. The third-order valence-corrected chi connectivity index (χ3v) is 4.02. The fourth-order valence-corrected chi connectivity index (χ4v) is 2.82. The Hall–Kier alpha value is -0.970. The maximum Gasteiger partial charge on any atom is 0.0707 e. The summed E-state index contributed by atoms with van der Waals surface area (Å²) >= 11 is 0. The normalized spacial score (nSPS) is 22.0. The lowest BCUT2D eigenvalue weighted by Gasteiger charge is -2.24. The molecule has 1 N–H and O–H groups in total. The number of rotatable bonds is 9. The van der Waals surface area contributed by atoms with Gasteiger partial charge in [0.25, 0.3) is 0 Å². The van der Waals surface area contributed by atoms with Crippen molar-refractivity contribution in [3.05, 3.63) is 30.1 Å². The molecule has 1 fully saturated rings. The van der Waals surface area contributed by atoms with Gasteiger partial charge in [0.15, 0.2) is 0 Å². The molecule has 0 aliphatic carbocycles. The van der Waals surface area contributed by atoms with Crippen molar-refractivity contribution >= 4 is 0 Å². The summed E-state index contributed by atoms with van der Waals surface area (Å²) in [5.74, 6) is 0. The van der Waals surface area contributed by atoms with Crippen LogP contribution in [0.5, 0.6) is 0 Å². The largest absolute Gasteiger partial charge is 0.372 e. The lowest BCUT2D eigenvalue weighted by atomic mass is 10.2. The minimum atomic E-state index is 0.377. The highest BCUT2D eigenvalue weighted by atomic mass is 16.5. The van der Waals surface area contributed by atoms with Gasteiger partial charge in [-0.15, -0.1) is 0 Å². The fourth-order valence-electron chi connectivity index (χ4n) is 2.82. The van der Waals surface area contributed by atoms with Crippen molar-refractivity contribution in [2.75, 3.05) is 26.2 Å². The SMILES string of the molecule is CCCNCC1CCC(CN(CC)Cc2ccccn2)O1. The summed E-state index contributed by atoms with van der Waals surface area (Å²) in [5.41, 5.74) is 1.14. The molecule has 4 heteroatoms. The third kappa shape index (κ3) is 5.73. The Morgan fingerprint density at radius 1 is 1.29 bits per heavy atom. The van der Waals surface area contributed by atoms with E-state index < -0.39 is 0 Å². The predicted octanol–water partition coefficient (Wildman–Crippen LogP) is 2.45. The molecule has 1 aromatic heterocycles. The number of ether oxygens (including phenoxy) is 1. The first-order valence-corrected chi connectivity index (χ1v) is 8.30. The van der Waals surface area contributed by atoms with E-state index in [0.717, 1.165) is 38.4 Å². The molecule has 0 saturated carbocycles. The Morgan fingerprint density at radius 2 is 2.14 bits per heavy atom. The Morgan fingerprint density at radius 3 is 2.86 bits per heavy atom. The predicted molar refractivity (Wildman–Crippen MR) is 86.2 cm³/mol. The van der Waals surface area contributed by atoms with Gasteiger partial charge in [-0.1, -0.05) is 19.9 Å². The van der Waals surface area contributed by atoms with Crippen LogP contribution in [0.1, 0.15) is 38.8 Å². The molecule has 2 unspecified atom stereocenters. The molecule has 118 valence electrons. The van der Waals surface area contributed by atoms with E-state index in [9.17, 15) is 0 Å². The number of aromatic nitrogens is 1. The van der Waals surface area contributed by atoms with E-state index in [1.807, 2.05) is 12.3 Å². The topological polar surface area (TPSA) is 37.4 Å². The van der Waals surface area contributed by atoms with Gasteiger partial charge in [0.2, 0.25) is 0 Å². The molecule has 1 aliphatic rings. The van der Waals surface area contributed by atoms with Crippen molar-refractivity contribution in [1.29, 1.82) is 0 Å². The van der Waals surface area contributed by atoms with E-state index in [4.69, 9.17) is 4.74 Å². The van der Waals surface area contributed by atoms with Gasteiger partial charge in [-0.2, -0.15) is 0 Å². The van der Waals surface area contributed by atoms with Crippen LogP contribution in [0.4, 0.5) is 0 Å². The second kappa shape index (κ2) is 9.13. The van der Waals surface area contributed by atoms with Crippen LogP contribution in [-0.4, -0.2) is 48.3 Å². The highest BCUT2D eigenvalue weighted by molar-refractivity contribution is 5.03. The zero-order chi connectivity index (χ0) is 14.9. The Kier molecular flexibility index (Phi) is 7.13. The van der Waals surface area contributed by atoms with Crippen molar-refractivity contribution in [2.24, 2.45) is 0 Å². The molecule has 0 aromatic carbocycles. The number of hydrogen-bond donors (Lipinski definition) is 1. The number of nitrogens with one attached hydrogen (secondary N) is 1. The van der Waals surface area contributed by atoms with Crippen molar-refractivity contribution in [3.8, 4) is 0 Å². The standard InChI is InChI=1S/C17H29N3O/c1-3-10-18-12-16-8-9-17(21-16)14-20(4-2)13-15-7-5-6-11-19-15/h5-7,11,16-18H,3-4,8-10,12-14H2,1-2H3. The van der Waals surface area contributed by atoms with Crippen molar-refractivity contribution in [2.45, 2.75) is 51.9 Å². The average molecular weight is 291 g/mol. The number of likely N-dealkylation sites (N-methyl/N-ethyl adjacent to an activating group) is 1. The van der Waals surface area contributed by atoms with Crippen molar-refractivity contribution < 1.29 is 4.74 Å². The molecule has 0 amide bonds. The number of nitrogens with zero attached hydrogens (tertiary/aromatic N) is 2. The monoisotopic (exact) mass is 291 g/mol. The van der Waals surface area contributed by atoms with Crippen LogP contribution >= 0.6 is 0 Å². The Labute approximate surface area is 128 Å². The smallest absolute Gasteiger partial charge is 0.0707 e. The molecule has 2 atom stereocenters. The lowest BCUT2D eigenvalue weighted by molar-refractivity contribution is 0.0227. The minimum absolute atomic E-state index is 0.377. The summed E-state index contributed by atoms with van der Waals surface area (Å²) in [6.07, 6.45) is 6.19. The van der Waals surface area contributed by atoms with Crippen LogP contribution < -0.4 is 5.32 Å². The van der Waals surface area contributed by atoms with E-state index in [-0.39, 0.29) is 0 Å². The van der Waals surface area contributed by atoms with Gasteiger partial charge in [0.05, 0.1) is 17.9 Å². The molecule has 0 bridgehead atoms. The summed E-state index contributed by atoms with van der Waals surface area (Å²) < 4.78 is 6.15. The van der Waals surface area contributed by atoms with Crippen molar-refractivity contribution in [3.63, 3.8) is 0 Å². The van der Waals surface area contributed by atoms with Gasteiger partial charge in [0.1, 0.15) is 0 Å². The maximum atomic E-state index is 6.15. The van der Waals surface area contributed by atoms with Crippen LogP contribution in [0, 0.1) is 0 Å². The molecular formula is C17H29N3O. The van der Waals surface area contributed by atoms with Gasteiger partial charge in [-0.3, -0.25) is 9.88 Å². The van der Waals surface area contributed by atoms with Gasteiger partial charge < -0.3 is 10.1 Å². The number of pyridine rings is 1. The zero-order valence-electron chi connectivity index (χ0n) is 13.4. The lowest BCUT2D eigenvalue weighted by Crippen LogP contribution is -2.34.